The fraction of sp³-hybridized carbons (Fsp3) is 0.143. The summed E-state index contributed by atoms with van der Waals surface area (Å²) in [5.74, 6) is -1.36. The number of rotatable bonds is 4. The maximum Gasteiger partial charge on any atom is 0.231 e. The van der Waals surface area contributed by atoms with E-state index in [9.17, 15) is 9.18 Å². The lowest BCUT2D eigenvalue weighted by Crippen LogP contribution is -2.15. The Kier molecular flexibility index (Phi) is 4.06. The van der Waals surface area contributed by atoms with Crippen LogP contribution in [0.5, 0.6) is 0 Å². The Morgan fingerprint density at radius 3 is 2.78 bits per heavy atom. The fourth-order valence-electron chi connectivity index (χ4n) is 3.82. The summed E-state index contributed by atoms with van der Waals surface area (Å²) in [6.45, 7) is 0. The highest BCUT2D eigenvalue weighted by Gasteiger charge is 2.43. The van der Waals surface area contributed by atoms with Crippen LogP contribution in [0.4, 0.5) is 14.6 Å². The van der Waals surface area contributed by atoms with Crippen LogP contribution in [0.3, 0.4) is 0 Å². The van der Waals surface area contributed by atoms with Crippen molar-refractivity contribution in [1.29, 1.82) is 0 Å². The van der Waals surface area contributed by atoms with Gasteiger partial charge in [0.25, 0.3) is 0 Å². The number of carbonyl (C=O) groups excluding carboxylic acids is 1. The third kappa shape index (κ3) is 2.87. The van der Waals surface area contributed by atoms with E-state index < -0.39 is 23.8 Å². The first kappa shape index (κ1) is 18.9. The molecule has 32 heavy (non-hydrogen) atoms. The quantitative estimate of drug-likeness (QED) is 0.427. The number of fused-ring (bicyclic) bond motifs is 2. The number of anilines is 1. The van der Waals surface area contributed by atoms with Gasteiger partial charge in [0.2, 0.25) is 5.91 Å². The molecule has 5 aromatic rings. The number of H-pyrrole nitrogens is 1. The molecule has 0 spiro atoms. The van der Waals surface area contributed by atoms with E-state index in [0.717, 1.165) is 0 Å². The van der Waals surface area contributed by atoms with Crippen molar-refractivity contribution < 1.29 is 13.6 Å². The Labute approximate surface area is 183 Å². The molecule has 160 valence electrons. The minimum Gasteiger partial charge on any atom is -0.319 e. The molecule has 4 heterocycles. The number of alkyl halides is 1. The lowest BCUT2D eigenvalue weighted by Gasteiger charge is -2.13. The molecule has 2 N–H and O–H groups in total. The molecule has 0 saturated heterocycles. The molecule has 1 aliphatic rings. The Hall–Kier alpha value is -3.79. The number of benzene rings is 1. The summed E-state index contributed by atoms with van der Waals surface area (Å²) in [6.07, 6.45) is 8.84. The number of aromatic nitrogens is 6. The molecule has 0 unspecified atom stereocenters. The third-order valence-corrected chi connectivity index (χ3v) is 5.88. The monoisotopic (exact) mass is 453 g/mol. The van der Waals surface area contributed by atoms with Crippen molar-refractivity contribution in [1.82, 2.24) is 29.1 Å². The zero-order valence-electron chi connectivity index (χ0n) is 16.3. The van der Waals surface area contributed by atoms with E-state index in [1.54, 1.807) is 52.1 Å². The standard InChI is InChI=1S/C21H14ClF2N7O/c22-17-16(11-6-26-29-19(11)20(18(17)24)30-3-1-2-4-30)13-8-31-9-14(27-15(31)7-25-13)28-21(32)10-5-12(10)23/h1-4,6-10,12H,5H2,(H,26,29)(H,28,32)/t10-,12+/m1/s1. The molecule has 1 aromatic carbocycles. The van der Waals surface area contributed by atoms with Crippen molar-refractivity contribution >= 4 is 39.9 Å². The zero-order valence-corrected chi connectivity index (χ0v) is 17.0. The van der Waals surface area contributed by atoms with Gasteiger partial charge < -0.3 is 14.3 Å². The van der Waals surface area contributed by atoms with Gasteiger partial charge in [-0.25, -0.2) is 13.8 Å². The molecular formula is C21H14ClF2N7O. The van der Waals surface area contributed by atoms with Crippen LogP contribution in [-0.4, -0.2) is 41.2 Å². The van der Waals surface area contributed by atoms with Crippen LogP contribution in [-0.2, 0) is 4.79 Å². The number of carbonyl (C=O) groups is 1. The smallest absolute Gasteiger partial charge is 0.231 e. The van der Waals surface area contributed by atoms with Gasteiger partial charge in [0.15, 0.2) is 17.3 Å². The summed E-state index contributed by atoms with van der Waals surface area (Å²) in [5, 5.41) is 10.0. The van der Waals surface area contributed by atoms with Crippen LogP contribution >= 0.6 is 11.6 Å². The van der Waals surface area contributed by atoms with Crippen molar-refractivity contribution in [2.24, 2.45) is 5.92 Å². The molecule has 0 aliphatic heterocycles. The Morgan fingerprint density at radius 1 is 1.25 bits per heavy atom. The number of hydrogen-bond acceptors (Lipinski definition) is 4. The number of nitrogens with zero attached hydrogens (tertiary/aromatic N) is 5. The second-order valence-electron chi connectivity index (χ2n) is 7.61. The highest BCUT2D eigenvalue weighted by Crippen LogP contribution is 2.40. The van der Waals surface area contributed by atoms with Gasteiger partial charge in [-0.3, -0.25) is 14.9 Å². The molecule has 0 radical (unpaired) electrons. The van der Waals surface area contributed by atoms with Gasteiger partial charge in [-0.2, -0.15) is 5.10 Å². The van der Waals surface area contributed by atoms with Gasteiger partial charge in [0, 0.05) is 29.5 Å². The van der Waals surface area contributed by atoms with Crippen molar-refractivity contribution in [3.05, 3.63) is 60.2 Å². The van der Waals surface area contributed by atoms with Gasteiger partial charge in [0.05, 0.1) is 40.7 Å². The Bertz CT molecular complexity index is 1510. The van der Waals surface area contributed by atoms with E-state index in [1.165, 1.54) is 6.20 Å². The number of imidazole rings is 1. The second kappa shape index (κ2) is 6.86. The molecule has 6 rings (SSSR count). The fourth-order valence-corrected chi connectivity index (χ4v) is 4.11. The van der Waals surface area contributed by atoms with E-state index in [-0.39, 0.29) is 22.9 Å². The summed E-state index contributed by atoms with van der Waals surface area (Å²) >= 11 is 6.48. The van der Waals surface area contributed by atoms with E-state index in [1.807, 2.05) is 0 Å². The van der Waals surface area contributed by atoms with Crippen LogP contribution in [0, 0.1) is 11.7 Å². The summed E-state index contributed by atoms with van der Waals surface area (Å²) in [4.78, 5) is 20.7. The number of aromatic amines is 1. The van der Waals surface area contributed by atoms with E-state index in [4.69, 9.17) is 11.6 Å². The van der Waals surface area contributed by atoms with Crippen molar-refractivity contribution in [2.45, 2.75) is 12.6 Å². The molecule has 0 bridgehead atoms. The first-order valence-electron chi connectivity index (χ1n) is 9.78. The maximum atomic E-state index is 15.4. The van der Waals surface area contributed by atoms with Gasteiger partial charge >= 0.3 is 0 Å². The molecule has 1 saturated carbocycles. The van der Waals surface area contributed by atoms with Crippen LogP contribution in [0.1, 0.15) is 6.42 Å². The van der Waals surface area contributed by atoms with Crippen molar-refractivity contribution in [2.75, 3.05) is 5.32 Å². The summed E-state index contributed by atoms with van der Waals surface area (Å²) < 4.78 is 31.7. The lowest BCUT2D eigenvalue weighted by atomic mass is 10.1. The van der Waals surface area contributed by atoms with Gasteiger partial charge in [-0.15, -0.1) is 0 Å². The highest BCUT2D eigenvalue weighted by molar-refractivity contribution is 6.35. The minimum absolute atomic E-state index is 0.0918. The Morgan fingerprint density at radius 2 is 2.03 bits per heavy atom. The molecule has 1 amide bonds. The van der Waals surface area contributed by atoms with E-state index in [0.29, 0.717) is 27.8 Å². The van der Waals surface area contributed by atoms with Gasteiger partial charge in [-0.1, -0.05) is 11.6 Å². The highest BCUT2D eigenvalue weighted by atomic mass is 35.5. The second-order valence-corrected chi connectivity index (χ2v) is 7.99. The van der Waals surface area contributed by atoms with Crippen LogP contribution < -0.4 is 5.32 Å². The van der Waals surface area contributed by atoms with Crippen molar-refractivity contribution in [3.63, 3.8) is 0 Å². The Balaban J connectivity index is 1.45. The van der Waals surface area contributed by atoms with E-state index in [2.05, 4.69) is 25.5 Å². The summed E-state index contributed by atoms with van der Waals surface area (Å²) in [7, 11) is 0. The van der Waals surface area contributed by atoms with Crippen LogP contribution in [0.15, 0.2) is 49.3 Å². The molecule has 11 heteroatoms. The average Bonchev–Trinajstić information content (AvgIpc) is 3.21. The SMILES string of the molecule is O=C(Nc1cn2cc(-c3c(Cl)c(F)c(-n4cccc4)c4[nH]ncc34)ncc2n1)[C@@H]1C[C@@H]1F. The number of hydrogen-bond donors (Lipinski definition) is 2. The first-order valence-corrected chi connectivity index (χ1v) is 10.2. The molecule has 1 fully saturated rings. The molecule has 8 nitrogen and oxygen atoms in total. The summed E-state index contributed by atoms with van der Waals surface area (Å²) in [5.41, 5.74) is 1.97. The van der Waals surface area contributed by atoms with Crippen LogP contribution in [0.25, 0.3) is 33.5 Å². The van der Waals surface area contributed by atoms with Crippen molar-refractivity contribution in [3.8, 4) is 16.9 Å². The lowest BCUT2D eigenvalue weighted by molar-refractivity contribution is -0.117. The van der Waals surface area contributed by atoms with E-state index >= 15 is 4.39 Å². The van der Waals surface area contributed by atoms with Crippen LogP contribution in [0.2, 0.25) is 5.02 Å². The minimum atomic E-state index is -1.09. The molecular weight excluding hydrogens is 440 g/mol. The van der Waals surface area contributed by atoms with Gasteiger partial charge in [0.1, 0.15) is 11.9 Å². The first-order chi connectivity index (χ1) is 15.5. The number of nitrogens with one attached hydrogen (secondary N) is 2. The maximum absolute atomic E-state index is 15.4. The van der Waals surface area contributed by atoms with Gasteiger partial charge in [-0.05, 0) is 18.6 Å². The number of halogens is 3. The predicted octanol–water partition coefficient (Wildman–Crippen LogP) is 4.15. The summed E-state index contributed by atoms with van der Waals surface area (Å²) in [6, 6.07) is 3.57. The molecule has 1 aliphatic carbocycles. The largest absolute Gasteiger partial charge is 0.319 e. The average molecular weight is 454 g/mol. The molecule has 4 aromatic heterocycles. The third-order valence-electron chi connectivity index (χ3n) is 5.53. The number of amides is 1. The normalized spacial score (nSPS) is 17.8. The predicted molar refractivity (Wildman–Crippen MR) is 114 cm³/mol. The zero-order chi connectivity index (χ0) is 22.0. The topological polar surface area (TPSA) is 92.9 Å². The molecule has 2 atom stereocenters.